The fourth-order valence-corrected chi connectivity index (χ4v) is 3.95. The number of fused-ring (bicyclic) bond motifs is 1. The molecule has 2 heterocycles. The highest BCUT2D eigenvalue weighted by Crippen LogP contribution is 2.43. The highest BCUT2D eigenvalue weighted by atomic mass is 35.5. The third-order valence-corrected chi connectivity index (χ3v) is 5.25. The molecule has 0 radical (unpaired) electrons. The second-order valence-electron chi connectivity index (χ2n) is 6.00. The smallest absolute Gasteiger partial charge is 0.160 e. The summed E-state index contributed by atoms with van der Waals surface area (Å²) in [5.74, 6) is 2.90. The second kappa shape index (κ2) is 5.36. The SMILES string of the molecule is CCC1CCC(n2c(CCl)nc3c(C)ccnc32)C1C. The molecule has 2 aromatic heterocycles. The van der Waals surface area contributed by atoms with Crippen LogP contribution in [0.4, 0.5) is 0 Å². The van der Waals surface area contributed by atoms with Gasteiger partial charge in [-0.05, 0) is 43.2 Å². The number of rotatable bonds is 3. The van der Waals surface area contributed by atoms with Crippen LogP contribution in [0.1, 0.15) is 50.5 Å². The van der Waals surface area contributed by atoms with Gasteiger partial charge in [0, 0.05) is 12.2 Å². The number of pyridine rings is 1. The minimum Gasteiger partial charge on any atom is -0.308 e. The standard InChI is InChI=1S/C16H22ClN3/c1-4-12-5-6-13(11(12)3)20-14(9-17)19-15-10(2)7-8-18-16(15)20/h7-8,11-13H,4-6,9H2,1-3H3. The maximum absolute atomic E-state index is 6.14. The average molecular weight is 292 g/mol. The highest BCUT2D eigenvalue weighted by molar-refractivity contribution is 6.16. The molecule has 2 aromatic rings. The number of aromatic nitrogens is 3. The zero-order valence-electron chi connectivity index (χ0n) is 12.4. The Morgan fingerprint density at radius 2 is 2.20 bits per heavy atom. The van der Waals surface area contributed by atoms with E-state index >= 15 is 0 Å². The number of alkyl halides is 1. The minimum atomic E-state index is 0.454. The summed E-state index contributed by atoms with van der Waals surface area (Å²) in [7, 11) is 0. The number of imidazole rings is 1. The van der Waals surface area contributed by atoms with Gasteiger partial charge in [0.25, 0.3) is 0 Å². The lowest BCUT2D eigenvalue weighted by molar-refractivity contribution is 0.329. The van der Waals surface area contributed by atoms with Gasteiger partial charge in [0.2, 0.25) is 0 Å². The molecule has 4 heteroatoms. The van der Waals surface area contributed by atoms with Crippen molar-refractivity contribution in [2.45, 2.75) is 52.0 Å². The van der Waals surface area contributed by atoms with Crippen LogP contribution in [0.3, 0.4) is 0 Å². The molecule has 1 saturated carbocycles. The third kappa shape index (κ3) is 2.03. The quantitative estimate of drug-likeness (QED) is 0.781. The number of hydrogen-bond donors (Lipinski definition) is 0. The van der Waals surface area contributed by atoms with E-state index in [-0.39, 0.29) is 0 Å². The number of nitrogens with zero attached hydrogens (tertiary/aromatic N) is 3. The van der Waals surface area contributed by atoms with Crippen molar-refractivity contribution in [2.75, 3.05) is 0 Å². The van der Waals surface area contributed by atoms with E-state index in [1.165, 1.54) is 24.8 Å². The predicted molar refractivity (Wildman–Crippen MR) is 83.0 cm³/mol. The first-order valence-electron chi connectivity index (χ1n) is 7.55. The molecular formula is C16H22ClN3. The Balaban J connectivity index is 2.13. The molecule has 1 fully saturated rings. The fourth-order valence-electron chi connectivity index (χ4n) is 3.76. The van der Waals surface area contributed by atoms with E-state index in [9.17, 15) is 0 Å². The Morgan fingerprint density at radius 3 is 2.85 bits per heavy atom. The van der Waals surface area contributed by atoms with Crippen LogP contribution < -0.4 is 0 Å². The normalized spacial score (nSPS) is 26.5. The van der Waals surface area contributed by atoms with Crippen LogP contribution >= 0.6 is 11.6 Å². The van der Waals surface area contributed by atoms with Crippen LogP contribution in [0.5, 0.6) is 0 Å². The molecule has 0 aromatic carbocycles. The Labute approximate surface area is 125 Å². The topological polar surface area (TPSA) is 30.7 Å². The first-order valence-corrected chi connectivity index (χ1v) is 8.09. The summed E-state index contributed by atoms with van der Waals surface area (Å²) < 4.78 is 2.32. The molecule has 1 aliphatic carbocycles. The van der Waals surface area contributed by atoms with Crippen molar-refractivity contribution in [3.63, 3.8) is 0 Å². The molecule has 108 valence electrons. The van der Waals surface area contributed by atoms with Crippen LogP contribution in [0.25, 0.3) is 11.2 Å². The zero-order chi connectivity index (χ0) is 14.3. The van der Waals surface area contributed by atoms with Crippen molar-refractivity contribution in [3.05, 3.63) is 23.7 Å². The molecule has 0 saturated heterocycles. The molecule has 0 spiro atoms. The molecule has 0 bridgehead atoms. The Hall–Kier alpha value is -1.09. The van der Waals surface area contributed by atoms with Gasteiger partial charge in [0.15, 0.2) is 5.65 Å². The van der Waals surface area contributed by atoms with E-state index in [0.29, 0.717) is 17.8 Å². The van der Waals surface area contributed by atoms with Crippen molar-refractivity contribution in [3.8, 4) is 0 Å². The number of aryl methyl sites for hydroxylation is 1. The van der Waals surface area contributed by atoms with E-state index in [1.54, 1.807) is 0 Å². The molecule has 0 N–H and O–H groups in total. The van der Waals surface area contributed by atoms with Gasteiger partial charge in [-0.1, -0.05) is 20.3 Å². The van der Waals surface area contributed by atoms with Gasteiger partial charge in [-0.15, -0.1) is 11.6 Å². The van der Waals surface area contributed by atoms with E-state index in [4.69, 9.17) is 16.6 Å². The predicted octanol–water partition coefficient (Wildman–Crippen LogP) is 4.48. The van der Waals surface area contributed by atoms with Crippen LogP contribution in [-0.2, 0) is 5.88 Å². The van der Waals surface area contributed by atoms with E-state index in [1.807, 2.05) is 12.3 Å². The lowest BCUT2D eigenvalue weighted by atomic mass is 9.93. The summed E-state index contributed by atoms with van der Waals surface area (Å²) in [6, 6.07) is 2.51. The molecule has 3 rings (SSSR count). The Morgan fingerprint density at radius 1 is 1.40 bits per heavy atom. The fraction of sp³-hybridized carbons (Fsp3) is 0.625. The molecule has 0 amide bonds. The van der Waals surface area contributed by atoms with Crippen molar-refractivity contribution in [1.29, 1.82) is 0 Å². The van der Waals surface area contributed by atoms with E-state index in [0.717, 1.165) is 22.9 Å². The van der Waals surface area contributed by atoms with E-state index < -0.39 is 0 Å². The largest absolute Gasteiger partial charge is 0.308 e. The molecule has 1 aliphatic rings. The van der Waals surface area contributed by atoms with Crippen LogP contribution in [-0.4, -0.2) is 14.5 Å². The summed E-state index contributed by atoms with van der Waals surface area (Å²) in [5, 5.41) is 0. The van der Waals surface area contributed by atoms with Crippen LogP contribution in [0.2, 0.25) is 0 Å². The lowest BCUT2D eigenvalue weighted by Gasteiger charge is -2.23. The highest BCUT2D eigenvalue weighted by Gasteiger charge is 2.35. The average Bonchev–Trinajstić information content (AvgIpc) is 2.99. The summed E-state index contributed by atoms with van der Waals surface area (Å²) >= 11 is 6.14. The summed E-state index contributed by atoms with van der Waals surface area (Å²) in [6.07, 6.45) is 5.65. The lowest BCUT2D eigenvalue weighted by Crippen LogP contribution is -2.17. The molecule has 3 atom stereocenters. The first kappa shape index (κ1) is 13.9. The van der Waals surface area contributed by atoms with Crippen molar-refractivity contribution >= 4 is 22.8 Å². The van der Waals surface area contributed by atoms with Gasteiger partial charge in [0.05, 0.1) is 5.88 Å². The summed E-state index contributed by atoms with van der Waals surface area (Å²) in [5.41, 5.74) is 3.20. The van der Waals surface area contributed by atoms with Gasteiger partial charge >= 0.3 is 0 Å². The third-order valence-electron chi connectivity index (χ3n) is 5.01. The second-order valence-corrected chi connectivity index (χ2v) is 6.27. The van der Waals surface area contributed by atoms with Crippen molar-refractivity contribution < 1.29 is 0 Å². The summed E-state index contributed by atoms with van der Waals surface area (Å²) in [4.78, 5) is 9.31. The van der Waals surface area contributed by atoms with E-state index in [2.05, 4.69) is 30.3 Å². The monoisotopic (exact) mass is 291 g/mol. The van der Waals surface area contributed by atoms with Gasteiger partial charge in [0.1, 0.15) is 11.3 Å². The van der Waals surface area contributed by atoms with Gasteiger partial charge in [-0.2, -0.15) is 0 Å². The minimum absolute atomic E-state index is 0.454. The molecule has 20 heavy (non-hydrogen) atoms. The maximum atomic E-state index is 6.14. The molecular weight excluding hydrogens is 270 g/mol. The number of halogens is 1. The van der Waals surface area contributed by atoms with Crippen molar-refractivity contribution in [2.24, 2.45) is 11.8 Å². The van der Waals surface area contributed by atoms with Gasteiger partial charge in [-0.3, -0.25) is 0 Å². The Bertz CT molecular complexity index is 619. The molecule has 3 nitrogen and oxygen atoms in total. The van der Waals surface area contributed by atoms with Crippen LogP contribution in [0, 0.1) is 18.8 Å². The molecule has 3 unspecified atom stereocenters. The van der Waals surface area contributed by atoms with Crippen molar-refractivity contribution in [1.82, 2.24) is 14.5 Å². The Kier molecular flexibility index (Phi) is 3.72. The number of hydrogen-bond acceptors (Lipinski definition) is 2. The summed E-state index contributed by atoms with van der Waals surface area (Å²) in [6.45, 7) is 6.75. The maximum Gasteiger partial charge on any atom is 0.160 e. The first-order chi connectivity index (χ1) is 9.67. The molecule has 0 aliphatic heterocycles. The van der Waals surface area contributed by atoms with Gasteiger partial charge < -0.3 is 4.57 Å². The zero-order valence-corrected chi connectivity index (χ0v) is 13.2. The van der Waals surface area contributed by atoms with Gasteiger partial charge in [-0.25, -0.2) is 9.97 Å². The van der Waals surface area contributed by atoms with Crippen LogP contribution in [0.15, 0.2) is 12.3 Å².